The number of nitrogens with two attached hydrogens (primary N) is 1. The Morgan fingerprint density at radius 2 is 1.53 bits per heavy atom. The van der Waals surface area contributed by atoms with E-state index in [2.05, 4.69) is 10.6 Å². The average molecular weight is 669 g/mol. The van der Waals surface area contributed by atoms with Crippen LogP contribution in [0.2, 0.25) is 0 Å². The molecule has 0 spiro atoms. The molecule has 3 amide bonds. The number of aromatic hydroxyl groups is 1. The molecule has 6 rings (SSSR count). The lowest BCUT2D eigenvalue weighted by Gasteiger charge is -2.53. The van der Waals surface area contributed by atoms with Gasteiger partial charge in [-0.1, -0.05) is 56.3 Å². The fourth-order valence-corrected chi connectivity index (χ4v) is 8.05. The van der Waals surface area contributed by atoms with E-state index in [0.29, 0.717) is 11.3 Å². The summed E-state index contributed by atoms with van der Waals surface area (Å²) < 4.78 is 5.91. The Morgan fingerprint density at radius 3 is 2.20 bits per heavy atom. The minimum Gasteiger partial charge on any atom is -0.505 e. The van der Waals surface area contributed by atoms with Crippen LogP contribution in [0.25, 0.3) is 10.8 Å². The second-order valence-corrected chi connectivity index (χ2v) is 13.1. The molecule has 0 radical (unpaired) electrons. The Kier molecular flexibility index (Phi) is 8.57. The van der Waals surface area contributed by atoms with E-state index in [9.17, 15) is 38.7 Å². The third kappa shape index (κ3) is 5.34. The maximum absolute atomic E-state index is 14.4. The number of nitrogens with zero attached hydrogens (tertiary/aromatic N) is 1. The highest BCUT2D eigenvalue weighted by Gasteiger charge is 2.67. The van der Waals surface area contributed by atoms with Crippen molar-refractivity contribution in [3.8, 4) is 5.75 Å². The van der Waals surface area contributed by atoms with Gasteiger partial charge in [0, 0.05) is 23.6 Å². The monoisotopic (exact) mass is 668 g/mol. The van der Waals surface area contributed by atoms with Crippen LogP contribution in [0, 0.1) is 29.6 Å². The molecule has 0 bridgehead atoms. The Balaban J connectivity index is 1.40. The number of primary amides is 1. The summed E-state index contributed by atoms with van der Waals surface area (Å²) in [6, 6.07) is 13.9. The number of likely N-dealkylation sites (N-methyl/N-ethyl adjacent to an activating group) is 1. The summed E-state index contributed by atoms with van der Waals surface area (Å²) in [4.78, 5) is 95.8. The van der Waals surface area contributed by atoms with E-state index in [1.807, 2.05) is 30.3 Å². The van der Waals surface area contributed by atoms with E-state index in [0.717, 1.165) is 10.8 Å². The number of fused-ring (bicyclic) bond motifs is 4. The van der Waals surface area contributed by atoms with E-state index in [1.165, 1.54) is 25.1 Å². The van der Waals surface area contributed by atoms with Crippen molar-refractivity contribution >= 4 is 63.2 Å². The molecule has 3 aliphatic carbocycles. The lowest BCUT2D eigenvalue weighted by atomic mass is 9.51. The van der Waals surface area contributed by atoms with E-state index in [4.69, 9.17) is 10.5 Å². The van der Waals surface area contributed by atoms with Crippen LogP contribution in [-0.2, 0) is 28.7 Å². The van der Waals surface area contributed by atoms with Crippen molar-refractivity contribution in [2.45, 2.75) is 38.3 Å². The Hall–Kier alpha value is -5.43. The largest absolute Gasteiger partial charge is 0.505 e. The molecule has 13 heteroatoms. The van der Waals surface area contributed by atoms with Gasteiger partial charge in [0.25, 0.3) is 0 Å². The molecule has 5 N–H and O–H groups in total. The van der Waals surface area contributed by atoms with Crippen LogP contribution >= 0.6 is 0 Å². The van der Waals surface area contributed by atoms with Crippen LogP contribution in [0.5, 0.6) is 5.75 Å². The molecule has 5 unspecified atom stereocenters. The number of nitrogens with one attached hydrogen (secondary N) is 2. The Bertz CT molecular complexity index is 1950. The number of ketones is 4. The number of carbonyl (C=O) groups excluding carboxylic acids is 7. The lowest BCUT2D eigenvalue weighted by molar-refractivity contribution is -0.181. The molecular formula is C36H36N4O9. The number of esters is 1. The van der Waals surface area contributed by atoms with Gasteiger partial charge in [0.15, 0.2) is 29.1 Å². The maximum Gasteiger partial charge on any atom is 0.323 e. The van der Waals surface area contributed by atoms with Crippen molar-refractivity contribution in [3.63, 3.8) is 0 Å². The van der Waals surface area contributed by atoms with Crippen LogP contribution in [0.3, 0.4) is 0 Å². The minimum atomic E-state index is -1.93. The predicted molar refractivity (Wildman–Crippen MR) is 177 cm³/mol. The summed E-state index contributed by atoms with van der Waals surface area (Å²) in [6.45, 7) is 3.26. The zero-order valence-electron chi connectivity index (χ0n) is 27.3. The summed E-state index contributed by atoms with van der Waals surface area (Å²) in [6.07, 6.45) is -1.32. The molecular weight excluding hydrogens is 632 g/mol. The number of carbonyl (C=O) groups is 7. The van der Waals surface area contributed by atoms with E-state index in [-0.39, 0.29) is 17.7 Å². The second kappa shape index (κ2) is 12.5. The van der Waals surface area contributed by atoms with Gasteiger partial charge in [0.1, 0.15) is 11.9 Å². The summed E-state index contributed by atoms with van der Waals surface area (Å²) in [5.74, 6) is -14.1. The number of phenolic OH excluding ortho intramolecular Hbond substituents is 1. The van der Waals surface area contributed by atoms with Gasteiger partial charge in [-0.25, -0.2) is 4.79 Å². The van der Waals surface area contributed by atoms with E-state index >= 15 is 0 Å². The number of phenols is 1. The van der Waals surface area contributed by atoms with Gasteiger partial charge in [-0.3, -0.25) is 33.7 Å². The van der Waals surface area contributed by atoms with Gasteiger partial charge < -0.3 is 26.2 Å². The summed E-state index contributed by atoms with van der Waals surface area (Å²) >= 11 is 0. The summed E-state index contributed by atoms with van der Waals surface area (Å²) in [7, 11) is 3.08. The second-order valence-electron chi connectivity index (χ2n) is 13.1. The standard InChI is InChI=1S/C36H36N4O9/c1-5-21(41)49-34-22-15(2)17-13-14-20(39-36(48)38-19-12-8-10-16-9-6-7-11-18(16)19)29(42)23(17)30(43)25(22)31(44)26-24(34)28(40(3)4)33(46)27(32(26)45)35(37)47/h6-15,22,24-28,34,42H,5H2,1-4H3,(H2,37,47)(H2,38,39,48)/t15-,22?,24?,25?,26?,27?,28-,34-/m0/s1. The van der Waals surface area contributed by atoms with Crippen molar-refractivity contribution in [1.82, 2.24) is 4.90 Å². The number of urea groups is 1. The molecule has 2 fully saturated rings. The summed E-state index contributed by atoms with van der Waals surface area (Å²) in [5, 5.41) is 18.5. The highest BCUT2D eigenvalue weighted by molar-refractivity contribution is 6.29. The lowest BCUT2D eigenvalue weighted by Crippen LogP contribution is -2.69. The zero-order chi connectivity index (χ0) is 35.5. The first-order valence-electron chi connectivity index (χ1n) is 16.0. The Morgan fingerprint density at radius 1 is 0.857 bits per heavy atom. The fraction of sp³-hybridized carbons (Fsp3) is 0.361. The molecule has 0 aliphatic heterocycles. The van der Waals surface area contributed by atoms with Gasteiger partial charge in [-0.2, -0.15) is 0 Å². The normalized spacial score (nSPS) is 27.6. The predicted octanol–water partition coefficient (Wildman–Crippen LogP) is 3.04. The molecule has 254 valence electrons. The molecule has 3 aliphatic rings. The number of ether oxygens (including phenoxy) is 1. The van der Waals surface area contributed by atoms with Crippen molar-refractivity contribution in [2.75, 3.05) is 24.7 Å². The van der Waals surface area contributed by atoms with Crippen molar-refractivity contribution in [1.29, 1.82) is 0 Å². The van der Waals surface area contributed by atoms with Crippen molar-refractivity contribution < 1.29 is 43.4 Å². The third-order valence-electron chi connectivity index (χ3n) is 10.2. The minimum absolute atomic E-state index is 0.0623. The third-order valence-corrected chi connectivity index (χ3v) is 10.2. The first-order valence-corrected chi connectivity index (χ1v) is 16.0. The molecule has 0 aromatic heterocycles. The average Bonchev–Trinajstić information content (AvgIpc) is 3.05. The molecule has 3 aromatic carbocycles. The topological polar surface area (TPSA) is 202 Å². The van der Waals surface area contributed by atoms with Crippen LogP contribution in [-0.4, -0.2) is 77.3 Å². The molecule has 49 heavy (non-hydrogen) atoms. The van der Waals surface area contributed by atoms with Gasteiger partial charge >= 0.3 is 12.0 Å². The van der Waals surface area contributed by atoms with Crippen LogP contribution in [0.1, 0.15) is 42.1 Å². The van der Waals surface area contributed by atoms with Crippen molar-refractivity contribution in [2.24, 2.45) is 35.3 Å². The van der Waals surface area contributed by atoms with Gasteiger partial charge in [-0.15, -0.1) is 0 Å². The van der Waals surface area contributed by atoms with E-state index in [1.54, 1.807) is 32.0 Å². The van der Waals surface area contributed by atoms with Crippen LogP contribution < -0.4 is 16.4 Å². The fourth-order valence-electron chi connectivity index (χ4n) is 8.05. The zero-order valence-corrected chi connectivity index (χ0v) is 27.3. The molecule has 8 atom stereocenters. The molecule has 0 saturated heterocycles. The smallest absolute Gasteiger partial charge is 0.323 e. The highest BCUT2D eigenvalue weighted by Crippen LogP contribution is 2.54. The maximum atomic E-state index is 14.4. The molecule has 0 heterocycles. The number of Topliss-reactive ketones (excluding diaryl/α,β-unsaturated/α-hetero) is 4. The number of anilines is 2. The molecule has 3 aromatic rings. The first-order chi connectivity index (χ1) is 23.3. The van der Waals surface area contributed by atoms with E-state index < -0.39 is 94.4 Å². The number of hydrogen-bond donors (Lipinski definition) is 4. The number of amides is 3. The number of rotatable bonds is 6. The highest BCUT2D eigenvalue weighted by atomic mass is 16.5. The van der Waals surface area contributed by atoms with Crippen LogP contribution in [0.4, 0.5) is 16.2 Å². The van der Waals surface area contributed by atoms with Gasteiger partial charge in [0.05, 0.1) is 34.8 Å². The molecule has 2 saturated carbocycles. The van der Waals surface area contributed by atoms with Gasteiger partial charge in [-0.05, 0) is 43.1 Å². The first kappa shape index (κ1) is 33.5. The number of benzene rings is 3. The number of hydrogen-bond acceptors (Lipinski definition) is 10. The van der Waals surface area contributed by atoms with Crippen molar-refractivity contribution in [3.05, 3.63) is 65.7 Å². The summed E-state index contributed by atoms with van der Waals surface area (Å²) in [5.41, 5.74) is 5.99. The van der Waals surface area contributed by atoms with Gasteiger partial charge in [0.2, 0.25) is 5.91 Å². The SMILES string of the molecule is CCC(=O)O[C@@H]1C2C(C(=O)C(C(N)=O)C(=O)[C@H]2N(C)C)C(=O)C2C(=O)c3c(ccc(NC(=O)Nc4cccc5ccccc45)c3O)[C@H](C)C21. The molecule has 13 nitrogen and oxygen atoms in total. The quantitative estimate of drug-likeness (QED) is 0.172. The Labute approximate surface area is 281 Å². The van der Waals surface area contributed by atoms with Crippen LogP contribution in [0.15, 0.2) is 54.6 Å².